The number of methoxy groups -OCH3 is 1. The fourth-order valence-corrected chi connectivity index (χ4v) is 3.12. The van der Waals surface area contributed by atoms with E-state index in [1.54, 1.807) is 7.11 Å². The van der Waals surface area contributed by atoms with E-state index in [1.807, 2.05) is 24.3 Å². The summed E-state index contributed by atoms with van der Waals surface area (Å²) < 4.78 is 11.2. The molecule has 0 bridgehead atoms. The summed E-state index contributed by atoms with van der Waals surface area (Å²) in [6.07, 6.45) is 1.96. The molecule has 3 nitrogen and oxygen atoms in total. The standard InChI is InChI=1S/C19H23NO2/c1-14(13-15-7-3-5-9-18(15)21-2)20-17-11-12-22-19-10-6-4-8-16(17)19/h3-10,14,17,20H,11-13H2,1-2H3. The highest BCUT2D eigenvalue weighted by molar-refractivity contribution is 5.38. The summed E-state index contributed by atoms with van der Waals surface area (Å²) >= 11 is 0. The van der Waals surface area contributed by atoms with Crippen molar-refractivity contribution in [2.75, 3.05) is 13.7 Å². The van der Waals surface area contributed by atoms with Crippen LogP contribution < -0.4 is 14.8 Å². The molecule has 0 aliphatic carbocycles. The molecule has 3 rings (SSSR count). The Balaban J connectivity index is 1.69. The van der Waals surface area contributed by atoms with E-state index in [0.29, 0.717) is 12.1 Å². The van der Waals surface area contributed by atoms with Crippen LogP contribution in [0, 0.1) is 0 Å². The number of benzene rings is 2. The topological polar surface area (TPSA) is 30.5 Å². The van der Waals surface area contributed by atoms with Crippen LogP contribution in [-0.2, 0) is 6.42 Å². The summed E-state index contributed by atoms with van der Waals surface area (Å²) in [5.74, 6) is 1.97. The van der Waals surface area contributed by atoms with Gasteiger partial charge in [0.05, 0.1) is 13.7 Å². The Hall–Kier alpha value is -2.00. The monoisotopic (exact) mass is 297 g/mol. The van der Waals surface area contributed by atoms with E-state index in [9.17, 15) is 0 Å². The van der Waals surface area contributed by atoms with Gasteiger partial charge in [-0.15, -0.1) is 0 Å². The van der Waals surface area contributed by atoms with E-state index in [-0.39, 0.29) is 0 Å². The maximum Gasteiger partial charge on any atom is 0.124 e. The summed E-state index contributed by atoms with van der Waals surface area (Å²) in [6, 6.07) is 17.3. The Morgan fingerprint density at radius 1 is 1.18 bits per heavy atom. The van der Waals surface area contributed by atoms with Crippen molar-refractivity contribution in [2.24, 2.45) is 0 Å². The third-order valence-corrected chi connectivity index (χ3v) is 4.16. The number of para-hydroxylation sites is 2. The Kier molecular flexibility index (Phi) is 4.64. The van der Waals surface area contributed by atoms with Crippen LogP contribution in [0.3, 0.4) is 0 Å². The first-order valence-corrected chi connectivity index (χ1v) is 7.87. The molecule has 1 heterocycles. The smallest absolute Gasteiger partial charge is 0.124 e. The first kappa shape index (κ1) is 14.9. The lowest BCUT2D eigenvalue weighted by Crippen LogP contribution is -2.35. The second kappa shape index (κ2) is 6.84. The predicted molar refractivity (Wildman–Crippen MR) is 88.6 cm³/mol. The first-order chi connectivity index (χ1) is 10.8. The molecule has 2 unspecified atom stereocenters. The molecule has 2 aromatic carbocycles. The van der Waals surface area contributed by atoms with Gasteiger partial charge in [0, 0.05) is 24.1 Å². The highest BCUT2D eigenvalue weighted by atomic mass is 16.5. The largest absolute Gasteiger partial charge is 0.496 e. The van der Waals surface area contributed by atoms with Crippen LogP contribution in [0.25, 0.3) is 0 Å². The summed E-state index contributed by atoms with van der Waals surface area (Å²) in [5.41, 5.74) is 2.51. The fraction of sp³-hybridized carbons (Fsp3) is 0.368. The van der Waals surface area contributed by atoms with Crippen LogP contribution in [0.2, 0.25) is 0 Å². The van der Waals surface area contributed by atoms with Crippen LogP contribution in [0.15, 0.2) is 48.5 Å². The Morgan fingerprint density at radius 3 is 2.82 bits per heavy atom. The maximum atomic E-state index is 5.73. The van der Waals surface area contributed by atoms with Crippen LogP contribution in [0.5, 0.6) is 11.5 Å². The lowest BCUT2D eigenvalue weighted by Gasteiger charge is -2.29. The van der Waals surface area contributed by atoms with E-state index >= 15 is 0 Å². The number of fused-ring (bicyclic) bond motifs is 1. The molecule has 1 aliphatic heterocycles. The summed E-state index contributed by atoms with van der Waals surface area (Å²) in [4.78, 5) is 0. The van der Waals surface area contributed by atoms with Crippen molar-refractivity contribution in [3.63, 3.8) is 0 Å². The van der Waals surface area contributed by atoms with E-state index in [4.69, 9.17) is 9.47 Å². The maximum absolute atomic E-state index is 5.73. The van der Waals surface area contributed by atoms with Crippen molar-refractivity contribution < 1.29 is 9.47 Å². The fourth-order valence-electron chi connectivity index (χ4n) is 3.12. The highest BCUT2D eigenvalue weighted by Crippen LogP contribution is 2.32. The SMILES string of the molecule is COc1ccccc1CC(C)NC1CCOc2ccccc21. The average Bonchev–Trinajstić information content (AvgIpc) is 2.55. The number of ether oxygens (including phenoxy) is 2. The van der Waals surface area contributed by atoms with Gasteiger partial charge in [-0.3, -0.25) is 0 Å². The van der Waals surface area contributed by atoms with Crippen LogP contribution in [0.1, 0.15) is 30.5 Å². The van der Waals surface area contributed by atoms with Crippen LogP contribution in [0.4, 0.5) is 0 Å². The molecule has 2 atom stereocenters. The van der Waals surface area contributed by atoms with Gasteiger partial charge in [0.15, 0.2) is 0 Å². The van der Waals surface area contributed by atoms with Gasteiger partial charge in [-0.05, 0) is 31.0 Å². The van der Waals surface area contributed by atoms with E-state index < -0.39 is 0 Å². The Morgan fingerprint density at radius 2 is 1.95 bits per heavy atom. The number of nitrogens with one attached hydrogen (secondary N) is 1. The molecule has 116 valence electrons. The second-order valence-corrected chi connectivity index (χ2v) is 5.81. The number of hydrogen-bond donors (Lipinski definition) is 1. The zero-order valence-electron chi connectivity index (χ0n) is 13.2. The minimum Gasteiger partial charge on any atom is -0.496 e. The van der Waals surface area contributed by atoms with Gasteiger partial charge in [-0.25, -0.2) is 0 Å². The van der Waals surface area contributed by atoms with E-state index in [1.165, 1.54) is 11.1 Å². The molecule has 22 heavy (non-hydrogen) atoms. The summed E-state index contributed by atoms with van der Waals surface area (Å²) in [7, 11) is 1.73. The van der Waals surface area contributed by atoms with Gasteiger partial charge in [0.25, 0.3) is 0 Å². The minimum absolute atomic E-state index is 0.356. The molecule has 0 saturated heterocycles. The van der Waals surface area contributed by atoms with Crippen molar-refractivity contribution in [3.05, 3.63) is 59.7 Å². The highest BCUT2D eigenvalue weighted by Gasteiger charge is 2.22. The van der Waals surface area contributed by atoms with E-state index in [0.717, 1.165) is 30.9 Å². The molecular formula is C19H23NO2. The molecule has 3 heteroatoms. The van der Waals surface area contributed by atoms with E-state index in [2.05, 4.69) is 36.5 Å². The number of rotatable bonds is 5. The molecule has 0 amide bonds. The molecular weight excluding hydrogens is 274 g/mol. The molecule has 0 saturated carbocycles. The minimum atomic E-state index is 0.356. The predicted octanol–water partition coefficient (Wildman–Crippen LogP) is 3.74. The first-order valence-electron chi connectivity index (χ1n) is 7.87. The van der Waals surface area contributed by atoms with Gasteiger partial charge in [-0.2, -0.15) is 0 Å². The lowest BCUT2D eigenvalue weighted by molar-refractivity contribution is 0.245. The summed E-state index contributed by atoms with van der Waals surface area (Å²) in [6.45, 7) is 3.00. The molecule has 1 N–H and O–H groups in total. The normalized spacial score (nSPS) is 18.2. The Labute approximate surface area is 132 Å². The zero-order valence-corrected chi connectivity index (χ0v) is 13.2. The Bertz CT molecular complexity index is 626. The van der Waals surface area contributed by atoms with Crippen molar-refractivity contribution >= 4 is 0 Å². The third kappa shape index (κ3) is 3.25. The van der Waals surface area contributed by atoms with Crippen molar-refractivity contribution in [1.29, 1.82) is 0 Å². The van der Waals surface area contributed by atoms with Crippen LogP contribution in [-0.4, -0.2) is 19.8 Å². The number of hydrogen-bond acceptors (Lipinski definition) is 3. The molecule has 0 aromatic heterocycles. The van der Waals surface area contributed by atoms with Crippen molar-refractivity contribution in [3.8, 4) is 11.5 Å². The zero-order chi connectivity index (χ0) is 15.4. The van der Waals surface area contributed by atoms with Gasteiger partial charge in [0.2, 0.25) is 0 Å². The second-order valence-electron chi connectivity index (χ2n) is 5.81. The molecule has 0 fully saturated rings. The molecule has 1 aliphatic rings. The van der Waals surface area contributed by atoms with Gasteiger partial charge < -0.3 is 14.8 Å². The molecule has 0 radical (unpaired) electrons. The third-order valence-electron chi connectivity index (χ3n) is 4.16. The van der Waals surface area contributed by atoms with Crippen molar-refractivity contribution in [1.82, 2.24) is 5.32 Å². The van der Waals surface area contributed by atoms with Gasteiger partial charge in [-0.1, -0.05) is 36.4 Å². The molecule has 2 aromatic rings. The van der Waals surface area contributed by atoms with Crippen molar-refractivity contribution in [2.45, 2.75) is 31.8 Å². The summed E-state index contributed by atoms with van der Waals surface area (Å²) in [5, 5.41) is 3.74. The average molecular weight is 297 g/mol. The van der Waals surface area contributed by atoms with Crippen LogP contribution >= 0.6 is 0 Å². The quantitative estimate of drug-likeness (QED) is 0.912. The lowest BCUT2D eigenvalue weighted by atomic mass is 9.98. The van der Waals surface area contributed by atoms with Gasteiger partial charge in [0.1, 0.15) is 11.5 Å². The molecule has 0 spiro atoms. The van der Waals surface area contributed by atoms with Gasteiger partial charge >= 0.3 is 0 Å².